The second-order valence-electron chi connectivity index (χ2n) is 4.49. The van der Waals surface area contributed by atoms with Crippen molar-refractivity contribution in [2.45, 2.75) is 6.18 Å². The lowest BCUT2D eigenvalue weighted by Gasteiger charge is -2.10. The molecule has 2 N–H and O–H groups in total. The molecule has 120 valence electrons. The third kappa shape index (κ3) is 3.76. The average molecular weight is 326 g/mol. The minimum absolute atomic E-state index is 0.130. The number of nitrogens with one attached hydrogen (secondary N) is 1. The summed E-state index contributed by atoms with van der Waals surface area (Å²) in [5, 5.41) is 22.4. The minimum atomic E-state index is -4.49. The third-order valence-corrected chi connectivity index (χ3v) is 2.93. The van der Waals surface area contributed by atoms with Gasteiger partial charge in [-0.3, -0.25) is 10.1 Å². The fourth-order valence-corrected chi connectivity index (χ4v) is 1.83. The maximum atomic E-state index is 12.5. The van der Waals surface area contributed by atoms with E-state index >= 15 is 0 Å². The van der Waals surface area contributed by atoms with Gasteiger partial charge in [0.25, 0.3) is 5.69 Å². The molecule has 0 radical (unpaired) electrons. The minimum Gasteiger partial charge on any atom is -0.478 e. The Labute approximate surface area is 127 Å². The number of anilines is 2. The van der Waals surface area contributed by atoms with Crippen molar-refractivity contribution in [2.24, 2.45) is 0 Å². The van der Waals surface area contributed by atoms with Crippen LogP contribution in [0.25, 0.3) is 0 Å². The summed E-state index contributed by atoms with van der Waals surface area (Å²) in [6, 6.07) is 6.94. The first kappa shape index (κ1) is 16.3. The van der Waals surface area contributed by atoms with Crippen LogP contribution in [-0.4, -0.2) is 16.0 Å². The molecule has 0 aliphatic carbocycles. The van der Waals surface area contributed by atoms with Crippen LogP contribution in [0.4, 0.5) is 30.2 Å². The summed E-state index contributed by atoms with van der Waals surface area (Å²) < 4.78 is 37.4. The fourth-order valence-electron chi connectivity index (χ4n) is 1.83. The Hall–Kier alpha value is -3.10. The molecule has 2 rings (SSSR count). The number of carbonyl (C=O) groups is 1. The predicted octanol–water partition coefficient (Wildman–Crippen LogP) is 4.06. The first-order chi connectivity index (χ1) is 10.7. The smallest absolute Gasteiger partial charge is 0.416 e. The number of nitro groups is 1. The lowest BCUT2D eigenvalue weighted by molar-refractivity contribution is -0.383. The van der Waals surface area contributed by atoms with E-state index in [-0.39, 0.29) is 16.9 Å². The number of hydrogen-bond acceptors (Lipinski definition) is 4. The maximum Gasteiger partial charge on any atom is 0.416 e. The van der Waals surface area contributed by atoms with Crippen molar-refractivity contribution in [1.29, 1.82) is 0 Å². The van der Waals surface area contributed by atoms with Gasteiger partial charge in [0, 0.05) is 11.8 Å². The molecule has 0 bridgehead atoms. The third-order valence-electron chi connectivity index (χ3n) is 2.93. The van der Waals surface area contributed by atoms with Crippen LogP contribution < -0.4 is 5.32 Å². The quantitative estimate of drug-likeness (QED) is 0.653. The summed E-state index contributed by atoms with van der Waals surface area (Å²) in [6.45, 7) is 0. The fraction of sp³-hybridized carbons (Fsp3) is 0.0714. The van der Waals surface area contributed by atoms with Gasteiger partial charge in [0.05, 0.1) is 16.1 Å². The summed E-state index contributed by atoms with van der Waals surface area (Å²) >= 11 is 0. The highest BCUT2D eigenvalue weighted by Crippen LogP contribution is 2.32. The first-order valence-corrected chi connectivity index (χ1v) is 6.14. The Morgan fingerprint density at radius 3 is 2.22 bits per heavy atom. The molecule has 0 aliphatic rings. The predicted molar refractivity (Wildman–Crippen MR) is 74.8 cm³/mol. The summed E-state index contributed by atoms with van der Waals surface area (Å²) in [6.07, 6.45) is -4.49. The molecule has 2 aromatic rings. The number of rotatable bonds is 4. The van der Waals surface area contributed by atoms with Crippen LogP contribution in [0.2, 0.25) is 0 Å². The van der Waals surface area contributed by atoms with Crippen LogP contribution in [0, 0.1) is 10.1 Å². The van der Waals surface area contributed by atoms with Crippen molar-refractivity contribution in [1.82, 2.24) is 0 Å². The van der Waals surface area contributed by atoms with E-state index in [2.05, 4.69) is 5.32 Å². The van der Waals surface area contributed by atoms with E-state index in [1.54, 1.807) is 0 Å². The molecule has 23 heavy (non-hydrogen) atoms. The lowest BCUT2D eigenvalue weighted by atomic mass is 10.1. The monoisotopic (exact) mass is 326 g/mol. The summed E-state index contributed by atoms with van der Waals surface area (Å²) in [4.78, 5) is 21.1. The number of hydrogen-bond donors (Lipinski definition) is 2. The van der Waals surface area contributed by atoms with Gasteiger partial charge in [-0.1, -0.05) is 0 Å². The standard InChI is InChI=1S/C14H9F3N2O4/c15-14(16,17)9-2-4-10(5-3-9)18-11-7-8(13(20)21)1-6-12(11)19(22)23/h1-7,18H,(H,20,21). The van der Waals surface area contributed by atoms with Gasteiger partial charge in [0.15, 0.2) is 0 Å². The van der Waals surface area contributed by atoms with Crippen LogP contribution in [0.1, 0.15) is 15.9 Å². The zero-order valence-corrected chi connectivity index (χ0v) is 11.3. The van der Waals surface area contributed by atoms with E-state index in [9.17, 15) is 28.1 Å². The van der Waals surface area contributed by atoms with Crippen LogP contribution in [0.5, 0.6) is 0 Å². The Kier molecular flexibility index (Phi) is 4.21. The van der Waals surface area contributed by atoms with Crippen molar-refractivity contribution >= 4 is 23.0 Å². The van der Waals surface area contributed by atoms with Crippen molar-refractivity contribution in [3.05, 3.63) is 63.7 Å². The number of nitro benzene ring substituents is 1. The Bertz CT molecular complexity index is 758. The zero-order chi connectivity index (χ0) is 17.2. The number of halogens is 3. The highest BCUT2D eigenvalue weighted by atomic mass is 19.4. The second-order valence-corrected chi connectivity index (χ2v) is 4.49. The average Bonchev–Trinajstić information content (AvgIpc) is 2.46. The van der Waals surface area contributed by atoms with Crippen LogP contribution in [0.15, 0.2) is 42.5 Å². The van der Waals surface area contributed by atoms with Crippen LogP contribution in [-0.2, 0) is 6.18 Å². The number of benzene rings is 2. The Morgan fingerprint density at radius 2 is 1.74 bits per heavy atom. The van der Waals surface area contributed by atoms with E-state index in [1.807, 2.05) is 0 Å². The van der Waals surface area contributed by atoms with Gasteiger partial charge in [-0.05, 0) is 36.4 Å². The summed E-state index contributed by atoms with van der Waals surface area (Å²) in [7, 11) is 0. The topological polar surface area (TPSA) is 92.5 Å². The molecule has 0 aliphatic heterocycles. The van der Waals surface area contributed by atoms with Gasteiger partial charge in [-0.15, -0.1) is 0 Å². The van der Waals surface area contributed by atoms with E-state index in [1.165, 1.54) is 0 Å². The summed E-state index contributed by atoms with van der Waals surface area (Å²) in [5.74, 6) is -1.28. The number of alkyl halides is 3. The molecule has 9 heteroatoms. The number of carboxylic acid groups (broad SMARTS) is 1. The van der Waals surface area contributed by atoms with Gasteiger partial charge < -0.3 is 10.4 Å². The normalized spacial score (nSPS) is 11.1. The second kappa shape index (κ2) is 5.95. The lowest BCUT2D eigenvalue weighted by Crippen LogP contribution is -2.05. The van der Waals surface area contributed by atoms with Crippen LogP contribution in [0.3, 0.4) is 0 Å². The van der Waals surface area contributed by atoms with Gasteiger partial charge in [-0.25, -0.2) is 4.79 Å². The van der Waals surface area contributed by atoms with E-state index in [0.29, 0.717) is 0 Å². The van der Waals surface area contributed by atoms with Crippen molar-refractivity contribution in [3.8, 4) is 0 Å². The molecule has 0 unspecified atom stereocenters. The highest BCUT2D eigenvalue weighted by Gasteiger charge is 2.30. The van der Waals surface area contributed by atoms with Crippen molar-refractivity contribution in [2.75, 3.05) is 5.32 Å². The maximum absolute atomic E-state index is 12.5. The van der Waals surface area contributed by atoms with Crippen molar-refractivity contribution < 1.29 is 28.0 Å². The number of carboxylic acids is 1. The zero-order valence-electron chi connectivity index (χ0n) is 11.3. The molecule has 0 saturated heterocycles. The number of aromatic carboxylic acids is 1. The van der Waals surface area contributed by atoms with Gasteiger partial charge in [0.2, 0.25) is 0 Å². The SMILES string of the molecule is O=C(O)c1ccc([N+](=O)[O-])c(Nc2ccc(C(F)(F)F)cc2)c1. The van der Waals surface area contributed by atoms with Crippen molar-refractivity contribution in [3.63, 3.8) is 0 Å². The highest BCUT2D eigenvalue weighted by molar-refractivity contribution is 5.90. The molecule has 0 fully saturated rings. The molecule has 0 aromatic heterocycles. The Balaban J connectivity index is 2.36. The molecule has 0 atom stereocenters. The van der Waals surface area contributed by atoms with Gasteiger partial charge >= 0.3 is 12.1 Å². The molecule has 0 amide bonds. The molecule has 0 heterocycles. The molecule has 2 aromatic carbocycles. The molecule has 6 nitrogen and oxygen atoms in total. The molecule has 0 saturated carbocycles. The van der Waals surface area contributed by atoms with E-state index < -0.39 is 28.3 Å². The number of nitrogens with zero attached hydrogens (tertiary/aromatic N) is 1. The molecule has 0 spiro atoms. The molecular weight excluding hydrogens is 317 g/mol. The van der Waals surface area contributed by atoms with Gasteiger partial charge in [-0.2, -0.15) is 13.2 Å². The Morgan fingerprint density at radius 1 is 1.13 bits per heavy atom. The first-order valence-electron chi connectivity index (χ1n) is 6.14. The largest absolute Gasteiger partial charge is 0.478 e. The summed E-state index contributed by atoms with van der Waals surface area (Å²) in [5.41, 5.74) is -1.42. The molecular formula is C14H9F3N2O4. The van der Waals surface area contributed by atoms with Gasteiger partial charge in [0.1, 0.15) is 5.69 Å². The van der Waals surface area contributed by atoms with Crippen LogP contribution >= 0.6 is 0 Å². The van der Waals surface area contributed by atoms with E-state index in [4.69, 9.17) is 5.11 Å². The van der Waals surface area contributed by atoms with E-state index in [0.717, 1.165) is 42.5 Å².